The minimum absolute atomic E-state index is 0.180. The zero-order chi connectivity index (χ0) is 13.0. The van der Waals surface area contributed by atoms with Gasteiger partial charge in [-0.25, -0.2) is 9.97 Å². The van der Waals surface area contributed by atoms with Gasteiger partial charge in [0.25, 0.3) is 0 Å². The highest BCUT2D eigenvalue weighted by atomic mass is 15.1. The molecule has 1 atom stereocenters. The summed E-state index contributed by atoms with van der Waals surface area (Å²) < 4.78 is 0. The zero-order valence-corrected chi connectivity index (χ0v) is 10.6. The molecule has 2 rings (SSSR count). The van der Waals surface area contributed by atoms with Crippen molar-refractivity contribution in [2.75, 3.05) is 17.2 Å². The number of rotatable bonds is 5. The largest absolute Gasteiger partial charge is 0.366 e. The molecule has 1 unspecified atom stereocenters. The summed E-state index contributed by atoms with van der Waals surface area (Å²) in [6.07, 6.45) is 3.72. The zero-order valence-electron chi connectivity index (χ0n) is 10.6. The number of hydrogen-bond donors (Lipinski definition) is 4. The second kappa shape index (κ2) is 5.50. The van der Waals surface area contributed by atoms with Crippen molar-refractivity contribution >= 4 is 17.3 Å². The average Bonchev–Trinajstić information content (AvgIpc) is 2.80. The van der Waals surface area contributed by atoms with E-state index < -0.39 is 0 Å². The summed E-state index contributed by atoms with van der Waals surface area (Å²) in [7, 11) is 0. The van der Waals surface area contributed by atoms with E-state index in [1.54, 1.807) is 0 Å². The highest BCUT2D eigenvalue weighted by molar-refractivity contribution is 5.58. The Labute approximate surface area is 106 Å². The van der Waals surface area contributed by atoms with Gasteiger partial charge in [0.1, 0.15) is 17.5 Å². The normalized spacial score (nSPS) is 12.2. The van der Waals surface area contributed by atoms with Gasteiger partial charge in [-0.2, -0.15) is 0 Å². The van der Waals surface area contributed by atoms with Crippen LogP contribution in [0.15, 0.2) is 24.5 Å². The molecule has 2 aromatic rings. The number of nitrogens with two attached hydrogens (primary N) is 1. The number of aromatic nitrogens is 3. The Morgan fingerprint density at radius 2 is 2.17 bits per heavy atom. The first-order valence-corrected chi connectivity index (χ1v) is 5.89. The summed E-state index contributed by atoms with van der Waals surface area (Å²) >= 11 is 0. The first-order chi connectivity index (χ1) is 8.67. The van der Waals surface area contributed by atoms with Gasteiger partial charge in [0.2, 0.25) is 0 Å². The van der Waals surface area contributed by atoms with Gasteiger partial charge in [0.05, 0.1) is 5.69 Å². The molecule has 0 saturated heterocycles. The number of nitrogens with one attached hydrogen (secondary N) is 3. The highest BCUT2D eigenvalue weighted by Crippen LogP contribution is 2.17. The molecular formula is C12H18N6. The van der Waals surface area contributed by atoms with Gasteiger partial charge in [-0.1, -0.05) is 0 Å². The summed E-state index contributed by atoms with van der Waals surface area (Å²) in [6, 6.07) is 3.98. The Morgan fingerprint density at radius 1 is 1.39 bits per heavy atom. The molecule has 0 aliphatic carbocycles. The van der Waals surface area contributed by atoms with Crippen LogP contribution in [0.4, 0.5) is 17.3 Å². The van der Waals surface area contributed by atoms with Crippen molar-refractivity contribution in [3.8, 4) is 0 Å². The minimum atomic E-state index is 0.180. The van der Waals surface area contributed by atoms with Crippen LogP contribution in [0.5, 0.6) is 0 Å². The highest BCUT2D eigenvalue weighted by Gasteiger charge is 2.05. The third-order valence-corrected chi connectivity index (χ3v) is 2.46. The average molecular weight is 246 g/mol. The molecule has 0 bridgehead atoms. The van der Waals surface area contributed by atoms with E-state index >= 15 is 0 Å². The van der Waals surface area contributed by atoms with Gasteiger partial charge in [0, 0.05) is 31.0 Å². The van der Waals surface area contributed by atoms with E-state index in [2.05, 4.69) is 25.6 Å². The summed E-state index contributed by atoms with van der Waals surface area (Å²) in [4.78, 5) is 11.6. The molecule has 0 aromatic carbocycles. The van der Waals surface area contributed by atoms with Gasteiger partial charge in [-0.3, -0.25) is 0 Å². The molecule has 0 fully saturated rings. The van der Waals surface area contributed by atoms with Crippen LogP contribution in [0, 0.1) is 6.92 Å². The van der Waals surface area contributed by atoms with E-state index in [0.29, 0.717) is 12.4 Å². The molecule has 2 aromatic heterocycles. The molecule has 0 spiro atoms. The van der Waals surface area contributed by atoms with E-state index in [-0.39, 0.29) is 6.04 Å². The predicted octanol–water partition coefficient (Wildman–Crippen LogP) is 1.62. The maximum absolute atomic E-state index is 5.58. The fourth-order valence-corrected chi connectivity index (χ4v) is 1.57. The molecule has 6 heteroatoms. The maximum Gasteiger partial charge on any atom is 0.136 e. The fraction of sp³-hybridized carbons (Fsp3) is 0.333. The van der Waals surface area contributed by atoms with Crippen molar-refractivity contribution in [2.24, 2.45) is 5.73 Å². The second-order valence-corrected chi connectivity index (χ2v) is 4.19. The molecule has 0 amide bonds. The Hall–Kier alpha value is -2.08. The number of anilines is 3. The molecule has 2 heterocycles. The van der Waals surface area contributed by atoms with E-state index in [9.17, 15) is 0 Å². The number of nitrogens with zero attached hydrogens (tertiary/aromatic N) is 2. The minimum Gasteiger partial charge on any atom is -0.366 e. The van der Waals surface area contributed by atoms with Crippen molar-refractivity contribution in [2.45, 2.75) is 19.9 Å². The van der Waals surface area contributed by atoms with Crippen molar-refractivity contribution in [3.05, 3.63) is 30.4 Å². The van der Waals surface area contributed by atoms with Crippen molar-refractivity contribution < 1.29 is 0 Å². The Balaban J connectivity index is 2.15. The first kappa shape index (κ1) is 12.4. The monoisotopic (exact) mass is 246 g/mol. The lowest BCUT2D eigenvalue weighted by molar-refractivity contribution is 0.795. The van der Waals surface area contributed by atoms with E-state index in [0.717, 1.165) is 17.3 Å². The smallest absolute Gasteiger partial charge is 0.136 e. The standard InChI is InChI=1S/C12H18N6/c1-8(6-13)15-11-5-12(17-9(2)16-11)18-10-3-4-14-7-10/h3-5,7-8,14H,6,13H2,1-2H3,(H2,15,16,17,18). The number of H-pyrrole nitrogens is 1. The van der Waals surface area contributed by atoms with Crippen LogP contribution in [-0.2, 0) is 0 Å². The van der Waals surface area contributed by atoms with Crippen LogP contribution in [-0.4, -0.2) is 27.5 Å². The van der Waals surface area contributed by atoms with E-state index in [1.807, 2.05) is 38.4 Å². The maximum atomic E-state index is 5.58. The second-order valence-electron chi connectivity index (χ2n) is 4.19. The molecule has 0 radical (unpaired) electrons. The number of aromatic amines is 1. The summed E-state index contributed by atoms with van der Waals surface area (Å²) in [5, 5.41) is 6.43. The molecule has 18 heavy (non-hydrogen) atoms. The molecule has 6 nitrogen and oxygen atoms in total. The summed E-state index contributed by atoms with van der Waals surface area (Å²) in [5.41, 5.74) is 6.54. The summed E-state index contributed by atoms with van der Waals surface area (Å²) in [5.74, 6) is 2.24. The van der Waals surface area contributed by atoms with E-state index in [4.69, 9.17) is 5.73 Å². The molecule has 0 aliphatic rings. The quantitative estimate of drug-likeness (QED) is 0.643. The van der Waals surface area contributed by atoms with Gasteiger partial charge in [0.15, 0.2) is 0 Å². The topological polar surface area (TPSA) is 91.7 Å². The Kier molecular flexibility index (Phi) is 3.78. The van der Waals surface area contributed by atoms with Crippen LogP contribution in [0.25, 0.3) is 0 Å². The third kappa shape index (κ3) is 3.21. The SMILES string of the molecule is Cc1nc(Nc2cc[nH]c2)cc(NC(C)CN)n1. The molecule has 0 aliphatic heterocycles. The van der Waals surface area contributed by atoms with Gasteiger partial charge < -0.3 is 21.4 Å². The van der Waals surface area contributed by atoms with Gasteiger partial charge in [-0.15, -0.1) is 0 Å². The number of hydrogen-bond acceptors (Lipinski definition) is 5. The molecule has 5 N–H and O–H groups in total. The number of aryl methyl sites for hydroxylation is 1. The first-order valence-electron chi connectivity index (χ1n) is 5.89. The summed E-state index contributed by atoms with van der Waals surface area (Å²) in [6.45, 7) is 4.43. The van der Waals surface area contributed by atoms with Crippen molar-refractivity contribution in [3.63, 3.8) is 0 Å². The fourth-order valence-electron chi connectivity index (χ4n) is 1.57. The van der Waals surface area contributed by atoms with Gasteiger partial charge >= 0.3 is 0 Å². The van der Waals surface area contributed by atoms with E-state index in [1.165, 1.54) is 0 Å². The van der Waals surface area contributed by atoms with Crippen molar-refractivity contribution in [1.29, 1.82) is 0 Å². The molecule has 96 valence electrons. The lowest BCUT2D eigenvalue weighted by Gasteiger charge is -2.13. The Morgan fingerprint density at radius 3 is 2.83 bits per heavy atom. The van der Waals surface area contributed by atoms with Crippen molar-refractivity contribution in [1.82, 2.24) is 15.0 Å². The van der Waals surface area contributed by atoms with Crippen LogP contribution >= 0.6 is 0 Å². The van der Waals surface area contributed by atoms with Gasteiger partial charge in [-0.05, 0) is 19.9 Å². The van der Waals surface area contributed by atoms with Crippen LogP contribution in [0.2, 0.25) is 0 Å². The lowest BCUT2D eigenvalue weighted by Crippen LogP contribution is -2.25. The van der Waals surface area contributed by atoms with Crippen LogP contribution in [0.3, 0.4) is 0 Å². The third-order valence-electron chi connectivity index (χ3n) is 2.46. The lowest BCUT2D eigenvalue weighted by atomic mass is 10.3. The Bertz CT molecular complexity index is 493. The molecule has 0 saturated carbocycles. The van der Waals surface area contributed by atoms with Crippen LogP contribution in [0.1, 0.15) is 12.7 Å². The predicted molar refractivity (Wildman–Crippen MR) is 73.0 cm³/mol. The molecular weight excluding hydrogens is 228 g/mol. The van der Waals surface area contributed by atoms with Crippen LogP contribution < -0.4 is 16.4 Å².